The molecular weight excluding hydrogens is 429 g/mol. The van der Waals surface area contributed by atoms with E-state index in [1.54, 1.807) is 43.5 Å². The van der Waals surface area contributed by atoms with E-state index in [4.69, 9.17) is 14.2 Å². The number of hydrazone groups is 1. The molecule has 176 valence electrons. The fraction of sp³-hybridized carbons (Fsp3) is 0.375. The average Bonchev–Trinajstić information content (AvgIpc) is 3.26. The van der Waals surface area contributed by atoms with Crippen LogP contribution >= 0.6 is 0 Å². The number of carbonyl (C=O) groups excluding carboxylic acids is 2. The molecule has 2 aromatic rings. The van der Waals surface area contributed by atoms with Crippen LogP contribution in [0, 0.1) is 5.82 Å². The highest BCUT2D eigenvalue weighted by molar-refractivity contribution is 6.03. The summed E-state index contributed by atoms with van der Waals surface area (Å²) in [5, 5.41) is 5.80. The molecule has 1 unspecified atom stereocenters. The first-order chi connectivity index (χ1) is 15.9. The summed E-state index contributed by atoms with van der Waals surface area (Å²) >= 11 is 0. The van der Waals surface area contributed by atoms with Crippen LogP contribution in [0.25, 0.3) is 0 Å². The quantitative estimate of drug-likeness (QED) is 0.578. The molecule has 1 aliphatic heterocycles. The summed E-state index contributed by atoms with van der Waals surface area (Å²) in [5.41, 5.74) is 1.43. The maximum Gasteiger partial charge on any atom is 0.262 e. The Kier molecular flexibility index (Phi) is 8.00. The molecule has 3 rings (SSSR count). The van der Waals surface area contributed by atoms with Crippen LogP contribution in [0.3, 0.4) is 0 Å². The van der Waals surface area contributed by atoms with Crippen molar-refractivity contribution in [2.75, 3.05) is 41.0 Å². The third-order valence-corrected chi connectivity index (χ3v) is 5.48. The highest BCUT2D eigenvalue weighted by Crippen LogP contribution is 2.39. The Morgan fingerprint density at radius 2 is 1.91 bits per heavy atom. The van der Waals surface area contributed by atoms with E-state index in [9.17, 15) is 14.0 Å². The van der Waals surface area contributed by atoms with E-state index in [0.717, 1.165) is 0 Å². The molecule has 0 N–H and O–H groups in total. The third kappa shape index (κ3) is 5.48. The first-order valence-electron chi connectivity index (χ1n) is 10.5. The van der Waals surface area contributed by atoms with Gasteiger partial charge in [-0.3, -0.25) is 9.59 Å². The Labute approximate surface area is 192 Å². The lowest BCUT2D eigenvalue weighted by atomic mass is 9.97. The Morgan fingerprint density at radius 3 is 2.55 bits per heavy atom. The molecule has 0 saturated carbocycles. The van der Waals surface area contributed by atoms with Crippen LogP contribution < -0.4 is 9.47 Å². The fourth-order valence-electron chi connectivity index (χ4n) is 3.73. The second kappa shape index (κ2) is 10.9. The lowest BCUT2D eigenvalue weighted by Crippen LogP contribution is -2.41. The highest BCUT2D eigenvalue weighted by atomic mass is 19.1. The summed E-state index contributed by atoms with van der Waals surface area (Å²) in [6.07, 6.45) is 0.272. The predicted octanol–water partition coefficient (Wildman–Crippen LogP) is 3.02. The van der Waals surface area contributed by atoms with Gasteiger partial charge in [-0.25, -0.2) is 9.40 Å². The SMILES string of the molecule is COCCN(CC(=O)N1N=C(c2ccccc2F)CC1c1cc(OC)ccc1OC)C(C)=O. The molecule has 2 aromatic carbocycles. The standard InChI is InChI=1S/C24H28FN3O5/c1-16(29)27(11-12-31-2)15-24(30)28-22(19-13-17(32-3)9-10-23(19)33-4)14-21(26-28)18-7-5-6-8-20(18)25/h5-10,13,22H,11-12,14-15H2,1-4H3. The molecule has 0 fully saturated rings. The molecule has 2 amide bonds. The minimum absolute atomic E-state index is 0.185. The molecular formula is C24H28FN3O5. The number of methoxy groups -OCH3 is 3. The van der Waals surface area contributed by atoms with Gasteiger partial charge in [-0.1, -0.05) is 18.2 Å². The van der Waals surface area contributed by atoms with Crippen LogP contribution in [-0.2, 0) is 14.3 Å². The molecule has 33 heavy (non-hydrogen) atoms. The Hall–Kier alpha value is -3.46. The number of rotatable bonds is 9. The van der Waals surface area contributed by atoms with Gasteiger partial charge in [0.2, 0.25) is 5.91 Å². The maximum atomic E-state index is 14.5. The van der Waals surface area contributed by atoms with Gasteiger partial charge in [-0.05, 0) is 24.3 Å². The average molecular weight is 458 g/mol. The zero-order chi connectivity index (χ0) is 24.0. The van der Waals surface area contributed by atoms with Crippen molar-refractivity contribution < 1.29 is 28.2 Å². The number of carbonyl (C=O) groups is 2. The van der Waals surface area contributed by atoms with Crippen molar-refractivity contribution in [3.8, 4) is 11.5 Å². The summed E-state index contributed by atoms with van der Waals surface area (Å²) < 4.78 is 30.4. The van der Waals surface area contributed by atoms with Crippen LogP contribution in [0.1, 0.15) is 30.5 Å². The van der Waals surface area contributed by atoms with Crippen molar-refractivity contribution in [3.63, 3.8) is 0 Å². The van der Waals surface area contributed by atoms with Gasteiger partial charge >= 0.3 is 0 Å². The number of nitrogens with zero attached hydrogens (tertiary/aromatic N) is 3. The number of halogens is 1. The van der Waals surface area contributed by atoms with Crippen LogP contribution in [-0.4, -0.2) is 68.5 Å². The van der Waals surface area contributed by atoms with E-state index in [2.05, 4.69) is 5.10 Å². The van der Waals surface area contributed by atoms with Crippen molar-refractivity contribution in [1.29, 1.82) is 0 Å². The molecule has 1 aliphatic rings. The topological polar surface area (TPSA) is 80.7 Å². The van der Waals surface area contributed by atoms with E-state index in [0.29, 0.717) is 34.9 Å². The summed E-state index contributed by atoms with van der Waals surface area (Å²) in [6.45, 7) is 1.77. The summed E-state index contributed by atoms with van der Waals surface area (Å²) in [7, 11) is 4.61. The number of amides is 2. The molecule has 0 bridgehead atoms. The first-order valence-corrected chi connectivity index (χ1v) is 10.5. The van der Waals surface area contributed by atoms with Gasteiger partial charge in [0.25, 0.3) is 5.91 Å². The molecule has 0 radical (unpaired) electrons. The molecule has 1 heterocycles. The zero-order valence-electron chi connectivity index (χ0n) is 19.2. The van der Waals surface area contributed by atoms with Gasteiger partial charge < -0.3 is 19.1 Å². The van der Waals surface area contributed by atoms with Crippen molar-refractivity contribution in [3.05, 3.63) is 59.4 Å². The van der Waals surface area contributed by atoms with Crippen LogP contribution in [0.15, 0.2) is 47.6 Å². The van der Waals surface area contributed by atoms with E-state index in [-0.39, 0.29) is 25.4 Å². The molecule has 0 spiro atoms. The van der Waals surface area contributed by atoms with Crippen LogP contribution in [0.2, 0.25) is 0 Å². The minimum atomic E-state index is -0.562. The Balaban J connectivity index is 2.00. The normalized spacial score (nSPS) is 15.2. The number of ether oxygens (including phenoxy) is 3. The van der Waals surface area contributed by atoms with Crippen molar-refractivity contribution in [2.45, 2.75) is 19.4 Å². The van der Waals surface area contributed by atoms with E-state index in [1.807, 2.05) is 0 Å². The van der Waals surface area contributed by atoms with E-state index in [1.165, 1.54) is 37.1 Å². The Bertz CT molecular complexity index is 1040. The maximum absolute atomic E-state index is 14.5. The van der Waals surface area contributed by atoms with Crippen molar-refractivity contribution in [2.24, 2.45) is 5.10 Å². The summed E-state index contributed by atoms with van der Waals surface area (Å²) in [4.78, 5) is 26.8. The first kappa shape index (κ1) is 24.2. The van der Waals surface area contributed by atoms with Gasteiger partial charge in [-0.2, -0.15) is 5.10 Å². The second-order valence-electron chi connectivity index (χ2n) is 7.53. The van der Waals surface area contributed by atoms with Gasteiger partial charge in [-0.15, -0.1) is 0 Å². The molecule has 8 nitrogen and oxygen atoms in total. The molecule has 0 aromatic heterocycles. The fourth-order valence-corrected chi connectivity index (χ4v) is 3.73. The van der Waals surface area contributed by atoms with Gasteiger partial charge in [0.05, 0.1) is 32.6 Å². The highest BCUT2D eigenvalue weighted by Gasteiger charge is 2.36. The van der Waals surface area contributed by atoms with Crippen molar-refractivity contribution >= 4 is 17.5 Å². The lowest BCUT2D eigenvalue weighted by molar-refractivity contribution is -0.141. The molecule has 0 aliphatic carbocycles. The van der Waals surface area contributed by atoms with E-state index >= 15 is 0 Å². The third-order valence-electron chi connectivity index (χ3n) is 5.48. The Morgan fingerprint density at radius 1 is 1.15 bits per heavy atom. The van der Waals surface area contributed by atoms with Gasteiger partial charge in [0, 0.05) is 38.1 Å². The molecule has 1 atom stereocenters. The minimum Gasteiger partial charge on any atom is -0.497 e. The second-order valence-corrected chi connectivity index (χ2v) is 7.53. The van der Waals surface area contributed by atoms with E-state index < -0.39 is 17.8 Å². The largest absolute Gasteiger partial charge is 0.497 e. The number of benzene rings is 2. The predicted molar refractivity (Wildman–Crippen MR) is 121 cm³/mol. The smallest absolute Gasteiger partial charge is 0.262 e. The molecule has 9 heteroatoms. The zero-order valence-corrected chi connectivity index (χ0v) is 19.2. The lowest BCUT2D eigenvalue weighted by Gasteiger charge is -2.27. The van der Waals surface area contributed by atoms with Crippen LogP contribution in [0.5, 0.6) is 11.5 Å². The number of hydrogen-bond donors (Lipinski definition) is 0. The molecule has 0 saturated heterocycles. The summed E-state index contributed by atoms with van der Waals surface area (Å²) in [6, 6.07) is 11.0. The van der Waals surface area contributed by atoms with Gasteiger partial charge in [0.15, 0.2) is 0 Å². The monoisotopic (exact) mass is 457 g/mol. The number of hydrogen-bond acceptors (Lipinski definition) is 6. The van der Waals surface area contributed by atoms with Crippen molar-refractivity contribution in [1.82, 2.24) is 9.91 Å². The van der Waals surface area contributed by atoms with Crippen LogP contribution in [0.4, 0.5) is 4.39 Å². The summed E-state index contributed by atoms with van der Waals surface area (Å²) in [5.74, 6) is 0.0534. The van der Waals surface area contributed by atoms with Gasteiger partial charge in [0.1, 0.15) is 23.9 Å².